The maximum Gasteiger partial charge on any atom is 0.234 e. The second-order valence-electron chi connectivity index (χ2n) is 5.94. The van der Waals surface area contributed by atoms with Crippen LogP contribution in [0.4, 0.5) is 0 Å². The molecule has 0 fully saturated rings. The quantitative estimate of drug-likeness (QED) is 0.826. The molecule has 0 unspecified atom stereocenters. The van der Waals surface area contributed by atoms with Gasteiger partial charge in [0.1, 0.15) is 0 Å². The maximum atomic E-state index is 12.2. The van der Waals surface area contributed by atoms with Crippen molar-refractivity contribution in [1.82, 2.24) is 10.2 Å². The minimum absolute atomic E-state index is 0.00228. The van der Waals surface area contributed by atoms with E-state index in [0.717, 1.165) is 16.6 Å². The topological polar surface area (TPSA) is 32.3 Å². The lowest BCUT2D eigenvalue weighted by Gasteiger charge is -2.20. The van der Waals surface area contributed by atoms with E-state index in [0.29, 0.717) is 6.54 Å². The van der Waals surface area contributed by atoms with Crippen molar-refractivity contribution in [2.45, 2.75) is 26.4 Å². The van der Waals surface area contributed by atoms with Gasteiger partial charge in [0.25, 0.3) is 0 Å². The largest absolute Gasteiger partial charge is 0.348 e. The first-order chi connectivity index (χ1) is 11.0. The molecule has 0 saturated carbocycles. The Balaban J connectivity index is 1.86. The molecule has 122 valence electrons. The summed E-state index contributed by atoms with van der Waals surface area (Å²) in [6.45, 7) is 5.25. The van der Waals surface area contributed by atoms with Gasteiger partial charge in [0.05, 0.1) is 12.6 Å². The zero-order valence-electron chi connectivity index (χ0n) is 13.8. The van der Waals surface area contributed by atoms with E-state index in [1.165, 1.54) is 11.1 Å². The molecule has 2 aromatic carbocycles. The summed E-state index contributed by atoms with van der Waals surface area (Å²) in [7, 11) is 1.97. The number of nitrogens with zero attached hydrogens (tertiary/aromatic N) is 1. The summed E-state index contributed by atoms with van der Waals surface area (Å²) in [5.74, 6) is 0.0384. The van der Waals surface area contributed by atoms with Gasteiger partial charge in [0.2, 0.25) is 5.91 Å². The Morgan fingerprint density at radius 3 is 2.48 bits per heavy atom. The third-order valence-corrected chi connectivity index (χ3v) is 4.39. The Kier molecular flexibility index (Phi) is 6.37. The van der Waals surface area contributed by atoms with Gasteiger partial charge in [-0.1, -0.05) is 52.3 Å². The average Bonchev–Trinajstić information content (AvgIpc) is 2.50. The number of likely N-dealkylation sites (N-methyl/N-ethyl adjacent to an activating group) is 1. The number of hydrogen-bond donors (Lipinski definition) is 1. The minimum Gasteiger partial charge on any atom is -0.348 e. The molecule has 1 N–H and O–H groups in total. The predicted octanol–water partition coefficient (Wildman–Crippen LogP) is 4.07. The van der Waals surface area contributed by atoms with Crippen molar-refractivity contribution >= 4 is 21.8 Å². The highest BCUT2D eigenvalue weighted by Crippen LogP contribution is 2.16. The van der Waals surface area contributed by atoms with Gasteiger partial charge in [-0.05, 0) is 49.7 Å². The average molecular weight is 375 g/mol. The normalized spacial score (nSPS) is 12.2. The molecule has 2 rings (SSSR count). The fraction of sp³-hybridized carbons (Fsp3) is 0.316. The van der Waals surface area contributed by atoms with Crippen LogP contribution in [-0.2, 0) is 11.3 Å². The van der Waals surface area contributed by atoms with E-state index in [9.17, 15) is 4.79 Å². The van der Waals surface area contributed by atoms with E-state index < -0.39 is 0 Å². The van der Waals surface area contributed by atoms with Gasteiger partial charge < -0.3 is 5.32 Å². The van der Waals surface area contributed by atoms with Crippen LogP contribution in [0.5, 0.6) is 0 Å². The Labute approximate surface area is 146 Å². The van der Waals surface area contributed by atoms with Crippen LogP contribution in [0, 0.1) is 6.92 Å². The van der Waals surface area contributed by atoms with E-state index >= 15 is 0 Å². The van der Waals surface area contributed by atoms with Gasteiger partial charge in [-0.3, -0.25) is 9.69 Å². The number of halogens is 1. The molecule has 0 bridgehead atoms. The lowest BCUT2D eigenvalue weighted by atomic mass is 10.1. The van der Waals surface area contributed by atoms with Crippen LogP contribution in [0.25, 0.3) is 0 Å². The smallest absolute Gasteiger partial charge is 0.234 e. The van der Waals surface area contributed by atoms with Crippen molar-refractivity contribution < 1.29 is 4.79 Å². The number of amides is 1. The third kappa shape index (κ3) is 5.48. The van der Waals surface area contributed by atoms with E-state index in [2.05, 4.69) is 40.3 Å². The third-order valence-electron chi connectivity index (χ3n) is 3.86. The maximum absolute atomic E-state index is 12.2. The summed E-state index contributed by atoms with van der Waals surface area (Å²) in [6, 6.07) is 16.3. The van der Waals surface area contributed by atoms with Crippen LogP contribution in [0.15, 0.2) is 53.0 Å². The van der Waals surface area contributed by atoms with E-state index in [4.69, 9.17) is 0 Å². The summed E-state index contributed by atoms with van der Waals surface area (Å²) in [6.07, 6.45) is 0. The Morgan fingerprint density at radius 2 is 1.83 bits per heavy atom. The molecule has 0 aliphatic carbocycles. The van der Waals surface area contributed by atoms with Crippen LogP contribution in [0.3, 0.4) is 0 Å². The molecule has 0 heterocycles. The van der Waals surface area contributed by atoms with Crippen molar-refractivity contribution in [2.75, 3.05) is 13.6 Å². The number of carbonyl (C=O) groups is 1. The zero-order chi connectivity index (χ0) is 16.8. The van der Waals surface area contributed by atoms with Crippen molar-refractivity contribution in [1.29, 1.82) is 0 Å². The van der Waals surface area contributed by atoms with Gasteiger partial charge in [-0.25, -0.2) is 0 Å². The van der Waals surface area contributed by atoms with Crippen molar-refractivity contribution in [3.05, 3.63) is 69.7 Å². The van der Waals surface area contributed by atoms with Crippen molar-refractivity contribution in [3.8, 4) is 0 Å². The molecule has 3 nitrogen and oxygen atoms in total. The van der Waals surface area contributed by atoms with Gasteiger partial charge in [-0.2, -0.15) is 0 Å². The molecule has 23 heavy (non-hydrogen) atoms. The molecule has 1 amide bonds. The molecule has 0 aliphatic rings. The summed E-state index contributed by atoms with van der Waals surface area (Å²) in [5.41, 5.74) is 3.61. The van der Waals surface area contributed by atoms with E-state index in [-0.39, 0.29) is 11.9 Å². The number of rotatable bonds is 6. The lowest BCUT2D eigenvalue weighted by Crippen LogP contribution is -2.36. The highest BCUT2D eigenvalue weighted by Gasteiger charge is 2.12. The first-order valence-corrected chi connectivity index (χ1v) is 8.53. The lowest BCUT2D eigenvalue weighted by molar-refractivity contribution is -0.122. The number of aryl methyl sites for hydroxylation is 1. The number of carbonyl (C=O) groups excluding carboxylic acids is 1. The van der Waals surface area contributed by atoms with Crippen LogP contribution in [0.1, 0.15) is 29.7 Å². The first-order valence-electron chi connectivity index (χ1n) is 7.73. The Morgan fingerprint density at radius 1 is 1.17 bits per heavy atom. The van der Waals surface area contributed by atoms with Crippen LogP contribution in [-0.4, -0.2) is 24.4 Å². The molecular formula is C19H23BrN2O. The van der Waals surface area contributed by atoms with Crippen LogP contribution in [0.2, 0.25) is 0 Å². The minimum atomic E-state index is 0.00228. The van der Waals surface area contributed by atoms with Gasteiger partial charge in [0.15, 0.2) is 0 Å². The molecule has 0 aromatic heterocycles. The van der Waals surface area contributed by atoms with Crippen LogP contribution < -0.4 is 5.32 Å². The number of benzene rings is 2. The first kappa shape index (κ1) is 17.7. The van der Waals surface area contributed by atoms with Gasteiger partial charge in [-0.15, -0.1) is 0 Å². The standard InChI is InChI=1S/C19H23BrN2O/c1-14-6-4-5-7-17(14)12-22(3)13-19(23)21-15(2)16-8-10-18(20)11-9-16/h4-11,15H,12-13H2,1-3H3,(H,21,23)/t15-/m1/s1. The SMILES string of the molecule is Cc1ccccc1CN(C)CC(=O)N[C@H](C)c1ccc(Br)cc1. The summed E-state index contributed by atoms with van der Waals surface area (Å²) >= 11 is 3.42. The summed E-state index contributed by atoms with van der Waals surface area (Å²) < 4.78 is 1.04. The summed E-state index contributed by atoms with van der Waals surface area (Å²) in [5, 5.41) is 3.05. The molecule has 0 radical (unpaired) electrons. The molecule has 0 aliphatic heterocycles. The summed E-state index contributed by atoms with van der Waals surface area (Å²) in [4.78, 5) is 14.3. The van der Waals surface area contributed by atoms with E-state index in [1.54, 1.807) is 0 Å². The highest BCUT2D eigenvalue weighted by molar-refractivity contribution is 9.10. The molecule has 2 aromatic rings. The highest BCUT2D eigenvalue weighted by atomic mass is 79.9. The zero-order valence-corrected chi connectivity index (χ0v) is 15.4. The number of hydrogen-bond acceptors (Lipinski definition) is 2. The second-order valence-corrected chi connectivity index (χ2v) is 6.86. The molecule has 1 atom stereocenters. The van der Waals surface area contributed by atoms with Gasteiger partial charge >= 0.3 is 0 Å². The molecular weight excluding hydrogens is 352 g/mol. The fourth-order valence-electron chi connectivity index (χ4n) is 2.50. The molecule has 0 saturated heterocycles. The molecule has 0 spiro atoms. The number of nitrogens with one attached hydrogen (secondary N) is 1. The second kappa shape index (κ2) is 8.27. The monoisotopic (exact) mass is 374 g/mol. The van der Waals surface area contributed by atoms with Gasteiger partial charge in [0, 0.05) is 11.0 Å². The van der Waals surface area contributed by atoms with Crippen LogP contribution >= 0.6 is 15.9 Å². The van der Waals surface area contributed by atoms with Crippen molar-refractivity contribution in [2.24, 2.45) is 0 Å². The molecule has 4 heteroatoms. The Hall–Kier alpha value is -1.65. The predicted molar refractivity (Wildman–Crippen MR) is 98.2 cm³/mol. The Bertz CT molecular complexity index is 655. The fourth-order valence-corrected chi connectivity index (χ4v) is 2.77. The van der Waals surface area contributed by atoms with Crippen molar-refractivity contribution in [3.63, 3.8) is 0 Å². The van der Waals surface area contributed by atoms with E-state index in [1.807, 2.05) is 55.3 Å².